The number of rotatable bonds is 10. The third kappa shape index (κ3) is 7.12. The Bertz CT molecular complexity index is 1110. The number of pyridine rings is 1. The molecular weight excluding hydrogens is 440 g/mol. The van der Waals surface area contributed by atoms with Crippen LogP contribution in [0.4, 0.5) is 4.79 Å². The molecule has 0 bridgehead atoms. The predicted octanol–water partition coefficient (Wildman–Crippen LogP) is 5.06. The summed E-state index contributed by atoms with van der Waals surface area (Å²) in [6.45, 7) is 6.12. The van der Waals surface area contributed by atoms with E-state index in [2.05, 4.69) is 10.3 Å². The Balaban J connectivity index is 1.62. The fraction of sp³-hybridized carbons (Fsp3) is 0.360. The standard InChI is InChI=1S/C25H28N2O5S/c1-16(2)14-31-24(29)19(27-25(30)32-15-18-7-5-4-6-8-18)9-10-21(28)22-13-20-23(33-22)17(3)11-12-26-20/h4-8,11-13,16,19H,9-10,14-15H2,1-3H3,(H,27,30)/t19-/m1/s1. The molecule has 3 rings (SSSR count). The molecule has 2 aromatic heterocycles. The lowest BCUT2D eigenvalue weighted by Gasteiger charge is -2.18. The van der Waals surface area contributed by atoms with E-state index in [1.165, 1.54) is 11.3 Å². The molecule has 0 fully saturated rings. The van der Waals surface area contributed by atoms with Crippen molar-refractivity contribution in [1.82, 2.24) is 10.3 Å². The zero-order valence-electron chi connectivity index (χ0n) is 19.0. The van der Waals surface area contributed by atoms with Crippen LogP contribution >= 0.6 is 11.3 Å². The van der Waals surface area contributed by atoms with Gasteiger partial charge in [-0.2, -0.15) is 0 Å². The van der Waals surface area contributed by atoms with Crippen LogP contribution < -0.4 is 5.32 Å². The van der Waals surface area contributed by atoms with Crippen molar-refractivity contribution in [3.8, 4) is 0 Å². The summed E-state index contributed by atoms with van der Waals surface area (Å²) >= 11 is 1.39. The van der Waals surface area contributed by atoms with E-state index in [-0.39, 0.29) is 37.8 Å². The molecule has 0 saturated heterocycles. The molecule has 1 amide bonds. The SMILES string of the molecule is Cc1ccnc2cc(C(=O)CC[C@@H](NC(=O)OCc3ccccc3)C(=O)OCC(C)C)sc12. The van der Waals surface area contributed by atoms with E-state index in [0.29, 0.717) is 4.88 Å². The number of benzene rings is 1. The number of aromatic nitrogens is 1. The summed E-state index contributed by atoms with van der Waals surface area (Å²) in [6, 6.07) is 11.9. The number of hydrogen-bond acceptors (Lipinski definition) is 7. The lowest BCUT2D eigenvalue weighted by molar-refractivity contribution is -0.147. The van der Waals surface area contributed by atoms with E-state index in [0.717, 1.165) is 21.3 Å². The number of aryl methyl sites for hydroxylation is 1. The first-order chi connectivity index (χ1) is 15.8. The number of amides is 1. The number of hydrogen-bond donors (Lipinski definition) is 1. The highest BCUT2D eigenvalue weighted by molar-refractivity contribution is 7.21. The monoisotopic (exact) mass is 468 g/mol. The number of carbonyl (C=O) groups excluding carboxylic acids is 3. The van der Waals surface area contributed by atoms with Gasteiger partial charge in [-0.15, -0.1) is 11.3 Å². The van der Waals surface area contributed by atoms with E-state index < -0.39 is 18.1 Å². The van der Waals surface area contributed by atoms with Gasteiger partial charge in [0.2, 0.25) is 0 Å². The summed E-state index contributed by atoms with van der Waals surface area (Å²) in [5, 5.41) is 2.56. The molecule has 8 heteroatoms. The molecule has 1 atom stereocenters. The van der Waals surface area contributed by atoms with Crippen molar-refractivity contribution in [2.75, 3.05) is 6.61 Å². The van der Waals surface area contributed by atoms with Gasteiger partial charge in [0.05, 0.1) is 21.7 Å². The smallest absolute Gasteiger partial charge is 0.408 e. The van der Waals surface area contributed by atoms with Crippen LogP contribution in [0.25, 0.3) is 10.2 Å². The lowest BCUT2D eigenvalue weighted by Crippen LogP contribution is -2.42. The third-order valence-corrected chi connectivity index (χ3v) is 6.19. The van der Waals surface area contributed by atoms with Crippen molar-refractivity contribution < 1.29 is 23.9 Å². The topological polar surface area (TPSA) is 94.6 Å². The summed E-state index contributed by atoms with van der Waals surface area (Å²) in [4.78, 5) is 42.6. The molecule has 174 valence electrons. The normalized spacial score (nSPS) is 11.9. The molecule has 0 aliphatic heterocycles. The fourth-order valence-electron chi connectivity index (χ4n) is 3.11. The summed E-state index contributed by atoms with van der Waals surface area (Å²) in [5.41, 5.74) is 2.66. The Labute approximate surface area is 197 Å². The Hall–Kier alpha value is -3.26. The highest BCUT2D eigenvalue weighted by atomic mass is 32.1. The fourth-order valence-corrected chi connectivity index (χ4v) is 4.16. The van der Waals surface area contributed by atoms with Crippen LogP contribution in [0.1, 0.15) is 47.5 Å². The molecule has 0 aliphatic carbocycles. The van der Waals surface area contributed by atoms with Gasteiger partial charge in [0.15, 0.2) is 5.78 Å². The van der Waals surface area contributed by atoms with Gasteiger partial charge in [-0.25, -0.2) is 9.59 Å². The van der Waals surface area contributed by atoms with Crippen molar-refractivity contribution in [3.05, 3.63) is 64.7 Å². The minimum absolute atomic E-state index is 0.0757. The highest BCUT2D eigenvalue weighted by Gasteiger charge is 2.25. The van der Waals surface area contributed by atoms with Gasteiger partial charge in [-0.3, -0.25) is 9.78 Å². The summed E-state index contributed by atoms with van der Waals surface area (Å²) in [5.74, 6) is -0.545. The van der Waals surface area contributed by atoms with Gasteiger partial charge >= 0.3 is 12.1 Å². The Kier molecular flexibility index (Phi) is 8.54. The molecule has 33 heavy (non-hydrogen) atoms. The molecular formula is C25H28N2O5S. The quantitative estimate of drug-likeness (QED) is 0.330. The predicted molar refractivity (Wildman–Crippen MR) is 127 cm³/mol. The van der Waals surface area contributed by atoms with Gasteiger partial charge in [-0.05, 0) is 42.5 Å². The van der Waals surface area contributed by atoms with E-state index >= 15 is 0 Å². The average molecular weight is 469 g/mol. The Morgan fingerprint density at radius 1 is 1.09 bits per heavy atom. The van der Waals surface area contributed by atoms with Gasteiger partial charge in [0.1, 0.15) is 12.6 Å². The first kappa shape index (κ1) is 24.4. The van der Waals surface area contributed by atoms with E-state index in [1.54, 1.807) is 12.3 Å². The molecule has 1 aromatic carbocycles. The van der Waals surface area contributed by atoms with Gasteiger partial charge < -0.3 is 14.8 Å². The van der Waals surface area contributed by atoms with E-state index in [1.807, 2.05) is 57.2 Å². The zero-order chi connectivity index (χ0) is 23.8. The van der Waals surface area contributed by atoms with Gasteiger partial charge in [0, 0.05) is 12.6 Å². The second-order valence-electron chi connectivity index (χ2n) is 8.20. The number of ketones is 1. The maximum atomic E-state index is 12.8. The third-order valence-electron chi connectivity index (χ3n) is 4.89. The summed E-state index contributed by atoms with van der Waals surface area (Å²) in [7, 11) is 0. The Morgan fingerprint density at radius 3 is 2.55 bits per heavy atom. The number of fused-ring (bicyclic) bond motifs is 1. The number of alkyl carbamates (subject to hydrolysis) is 1. The largest absolute Gasteiger partial charge is 0.464 e. The molecule has 0 saturated carbocycles. The van der Waals surface area contributed by atoms with Crippen molar-refractivity contribution in [2.24, 2.45) is 5.92 Å². The molecule has 3 aromatic rings. The van der Waals surface area contributed by atoms with Crippen LogP contribution in [0, 0.1) is 12.8 Å². The van der Waals surface area contributed by atoms with Crippen LogP contribution in [-0.4, -0.2) is 35.5 Å². The summed E-state index contributed by atoms with van der Waals surface area (Å²) in [6.07, 6.45) is 1.16. The first-order valence-electron chi connectivity index (χ1n) is 10.9. The van der Waals surface area contributed by atoms with E-state index in [9.17, 15) is 14.4 Å². The molecule has 7 nitrogen and oxygen atoms in total. The molecule has 0 unspecified atom stereocenters. The van der Waals surface area contributed by atoms with Crippen LogP contribution in [0.3, 0.4) is 0 Å². The number of carbonyl (C=O) groups is 3. The van der Waals surface area contributed by atoms with Crippen molar-refractivity contribution in [2.45, 2.75) is 46.3 Å². The van der Waals surface area contributed by atoms with E-state index in [4.69, 9.17) is 9.47 Å². The second kappa shape index (κ2) is 11.6. The molecule has 0 spiro atoms. The maximum Gasteiger partial charge on any atom is 0.408 e. The zero-order valence-corrected chi connectivity index (χ0v) is 19.8. The lowest BCUT2D eigenvalue weighted by atomic mass is 10.1. The van der Waals surface area contributed by atoms with Gasteiger partial charge in [-0.1, -0.05) is 44.2 Å². The number of ether oxygens (including phenoxy) is 2. The Morgan fingerprint density at radius 2 is 1.85 bits per heavy atom. The minimum atomic E-state index is -0.981. The number of Topliss-reactive ketones (excluding diaryl/α,β-unsaturated/α-hetero) is 1. The van der Waals surface area contributed by atoms with Crippen molar-refractivity contribution in [3.63, 3.8) is 0 Å². The van der Waals surface area contributed by atoms with Crippen molar-refractivity contribution >= 4 is 39.4 Å². The molecule has 0 radical (unpaired) electrons. The molecule has 2 heterocycles. The average Bonchev–Trinajstić information content (AvgIpc) is 3.25. The first-order valence-corrected chi connectivity index (χ1v) is 11.7. The number of nitrogens with one attached hydrogen (secondary N) is 1. The van der Waals surface area contributed by atoms with Crippen molar-refractivity contribution in [1.29, 1.82) is 0 Å². The number of thiophene rings is 1. The second-order valence-corrected chi connectivity index (χ2v) is 9.25. The van der Waals surface area contributed by atoms with Crippen LogP contribution in [0.5, 0.6) is 0 Å². The number of nitrogens with zero attached hydrogens (tertiary/aromatic N) is 1. The van der Waals surface area contributed by atoms with Crippen LogP contribution in [0.15, 0.2) is 48.7 Å². The highest BCUT2D eigenvalue weighted by Crippen LogP contribution is 2.28. The molecule has 0 aliphatic rings. The summed E-state index contributed by atoms with van der Waals surface area (Å²) < 4.78 is 11.5. The maximum absolute atomic E-state index is 12.8. The molecule has 1 N–H and O–H groups in total. The minimum Gasteiger partial charge on any atom is -0.464 e. The van der Waals surface area contributed by atoms with Crippen LogP contribution in [-0.2, 0) is 20.9 Å². The van der Waals surface area contributed by atoms with Crippen LogP contribution in [0.2, 0.25) is 0 Å². The van der Waals surface area contributed by atoms with Gasteiger partial charge in [0.25, 0.3) is 0 Å². The number of esters is 1.